The highest BCUT2D eigenvalue weighted by Gasteiger charge is 2.11. The van der Waals surface area contributed by atoms with Crippen LogP contribution < -0.4 is 16.1 Å². The lowest BCUT2D eigenvalue weighted by molar-refractivity contribution is 0.747. The van der Waals surface area contributed by atoms with Gasteiger partial charge >= 0.3 is 0 Å². The van der Waals surface area contributed by atoms with Gasteiger partial charge in [0.2, 0.25) is 5.43 Å². The molecule has 0 bridgehead atoms. The lowest BCUT2D eigenvalue weighted by Crippen LogP contribution is -2.20. The first kappa shape index (κ1) is 10.3. The lowest BCUT2D eigenvalue weighted by Gasteiger charge is -2.11. The Hall–Kier alpha value is -0.740. The van der Waals surface area contributed by atoms with Crippen LogP contribution >= 0.6 is 12.2 Å². The second kappa shape index (κ2) is 4.48. The van der Waals surface area contributed by atoms with E-state index >= 15 is 0 Å². The predicted octanol–water partition coefficient (Wildman–Crippen LogP) is 0.982. The van der Waals surface area contributed by atoms with E-state index in [1.807, 2.05) is 7.05 Å². The summed E-state index contributed by atoms with van der Waals surface area (Å²) in [6, 6.07) is 0. The van der Waals surface area contributed by atoms with Crippen LogP contribution in [0.4, 0.5) is 5.69 Å². The first-order valence-electron chi connectivity index (χ1n) is 4.37. The molecule has 0 aliphatic carbocycles. The number of hydrogen-bond donors (Lipinski definition) is 2. The highest BCUT2D eigenvalue weighted by Crippen LogP contribution is 2.14. The van der Waals surface area contributed by atoms with Gasteiger partial charge in [0.15, 0.2) is 0 Å². The minimum atomic E-state index is 0.0196. The number of nitrogens with one attached hydrogen (secondary N) is 2. The van der Waals surface area contributed by atoms with Crippen molar-refractivity contribution in [3.8, 4) is 0 Å². The molecule has 3 nitrogen and oxygen atoms in total. The third-order valence-corrected chi connectivity index (χ3v) is 2.44. The first-order chi connectivity index (χ1) is 6.18. The predicted molar refractivity (Wildman–Crippen MR) is 57.7 cm³/mol. The van der Waals surface area contributed by atoms with Gasteiger partial charge in [0.05, 0.1) is 5.69 Å². The molecule has 0 aliphatic heterocycles. The topological polar surface area (TPSA) is 41.1 Å². The van der Waals surface area contributed by atoms with Gasteiger partial charge in [-0.15, -0.1) is 0 Å². The summed E-state index contributed by atoms with van der Waals surface area (Å²) in [6.07, 6.45) is 1.03. The monoisotopic (exact) mass is 198 g/mol. The summed E-state index contributed by atoms with van der Waals surface area (Å²) >= 11 is 4.90. The van der Waals surface area contributed by atoms with E-state index in [0.29, 0.717) is 4.51 Å². The molecule has 2 N–H and O–H groups in total. The van der Waals surface area contributed by atoms with E-state index in [9.17, 15) is 4.79 Å². The number of anilines is 1. The molecule has 0 spiro atoms. The van der Waals surface area contributed by atoms with Crippen molar-refractivity contribution >= 4 is 17.9 Å². The largest absolute Gasteiger partial charge is 0.383 e. The quantitative estimate of drug-likeness (QED) is 0.546. The highest BCUT2D eigenvalue weighted by atomic mass is 32.1. The molecular formula is C9H14N2OS. The van der Waals surface area contributed by atoms with Crippen LogP contribution in [0.15, 0.2) is 4.79 Å². The molecule has 0 saturated heterocycles. The van der Waals surface area contributed by atoms with Crippen molar-refractivity contribution in [3.05, 3.63) is 20.3 Å². The minimum Gasteiger partial charge on any atom is -0.383 e. The number of rotatable bonds is 5. The summed E-state index contributed by atoms with van der Waals surface area (Å²) in [6.45, 7) is 3.64. The summed E-state index contributed by atoms with van der Waals surface area (Å²) in [5, 5.41) is 6.21. The average molecular weight is 198 g/mol. The Balaban J connectivity index is 2.39. The van der Waals surface area contributed by atoms with Crippen molar-refractivity contribution in [2.75, 3.05) is 25.5 Å². The van der Waals surface area contributed by atoms with Crippen LogP contribution in [0.3, 0.4) is 0 Å². The van der Waals surface area contributed by atoms with E-state index in [0.717, 1.165) is 30.8 Å². The summed E-state index contributed by atoms with van der Waals surface area (Å²) < 4.78 is 0.460. The van der Waals surface area contributed by atoms with E-state index < -0.39 is 0 Å². The molecule has 0 atom stereocenters. The maximum absolute atomic E-state index is 11.0. The molecule has 0 unspecified atom stereocenters. The van der Waals surface area contributed by atoms with Crippen LogP contribution in [0.2, 0.25) is 0 Å². The molecule has 72 valence electrons. The van der Waals surface area contributed by atoms with Crippen molar-refractivity contribution in [2.45, 2.75) is 13.3 Å². The van der Waals surface area contributed by atoms with Gasteiger partial charge in [-0.2, -0.15) is 0 Å². The van der Waals surface area contributed by atoms with Gasteiger partial charge in [-0.1, -0.05) is 12.2 Å². The molecule has 0 amide bonds. The fourth-order valence-corrected chi connectivity index (χ4v) is 1.57. The van der Waals surface area contributed by atoms with E-state index in [1.54, 1.807) is 6.92 Å². The molecule has 0 heterocycles. The van der Waals surface area contributed by atoms with Gasteiger partial charge in [0.25, 0.3) is 0 Å². The molecule has 0 radical (unpaired) electrons. The molecule has 0 aromatic heterocycles. The van der Waals surface area contributed by atoms with Crippen LogP contribution in [-0.4, -0.2) is 20.1 Å². The zero-order chi connectivity index (χ0) is 9.84. The third kappa shape index (κ3) is 2.14. The lowest BCUT2D eigenvalue weighted by atomic mass is 10.1. The third-order valence-electron chi connectivity index (χ3n) is 2.05. The summed E-state index contributed by atoms with van der Waals surface area (Å²) in [4.78, 5) is 11.0. The van der Waals surface area contributed by atoms with Gasteiger partial charge in [0, 0.05) is 12.1 Å². The molecule has 0 aliphatic rings. The SMILES string of the molecule is CNCCCNc1c(C)c(=O)c1=S. The zero-order valence-corrected chi connectivity index (χ0v) is 8.75. The second-order valence-electron chi connectivity index (χ2n) is 3.04. The normalized spacial score (nSPS) is 10.6. The van der Waals surface area contributed by atoms with E-state index in [4.69, 9.17) is 12.2 Å². The van der Waals surface area contributed by atoms with E-state index in [1.165, 1.54) is 0 Å². The van der Waals surface area contributed by atoms with E-state index in [2.05, 4.69) is 10.6 Å². The van der Waals surface area contributed by atoms with Crippen molar-refractivity contribution in [1.82, 2.24) is 5.32 Å². The molecule has 1 aromatic carbocycles. The molecular weight excluding hydrogens is 184 g/mol. The Morgan fingerprint density at radius 3 is 2.62 bits per heavy atom. The van der Waals surface area contributed by atoms with Crippen molar-refractivity contribution < 1.29 is 0 Å². The molecule has 0 saturated carbocycles. The molecule has 1 aromatic rings. The maximum Gasteiger partial charge on any atom is 0.203 e. The van der Waals surface area contributed by atoms with Gasteiger partial charge in [-0.3, -0.25) is 4.79 Å². The smallest absolute Gasteiger partial charge is 0.203 e. The fraction of sp³-hybridized carbons (Fsp3) is 0.556. The Kier molecular flexibility index (Phi) is 3.57. The Morgan fingerprint density at radius 2 is 2.08 bits per heavy atom. The van der Waals surface area contributed by atoms with Gasteiger partial charge in [-0.25, -0.2) is 0 Å². The first-order valence-corrected chi connectivity index (χ1v) is 4.77. The Bertz CT molecular complexity index is 352. The number of hydrogen-bond acceptors (Lipinski definition) is 4. The van der Waals surface area contributed by atoms with Gasteiger partial charge in [-0.05, 0) is 26.9 Å². The molecule has 1 rings (SSSR count). The Labute approximate surface area is 82.9 Å². The Morgan fingerprint density at radius 1 is 1.38 bits per heavy atom. The highest BCUT2D eigenvalue weighted by molar-refractivity contribution is 7.71. The molecule has 0 fully saturated rings. The standard InChI is InChI=1S/C9H14N2OS/c1-6-7(9(13)8(6)12)11-5-3-4-10-2/h10-11H,3-5H2,1-2H3. The van der Waals surface area contributed by atoms with Crippen LogP contribution in [0.25, 0.3) is 0 Å². The summed E-state index contributed by atoms with van der Waals surface area (Å²) in [5.74, 6) is 0. The summed E-state index contributed by atoms with van der Waals surface area (Å²) in [5.41, 5.74) is 1.66. The van der Waals surface area contributed by atoms with Gasteiger partial charge < -0.3 is 10.6 Å². The maximum atomic E-state index is 11.0. The average Bonchev–Trinajstić information content (AvgIpc) is 2.16. The second-order valence-corrected chi connectivity index (χ2v) is 3.45. The van der Waals surface area contributed by atoms with Crippen molar-refractivity contribution in [1.29, 1.82) is 0 Å². The van der Waals surface area contributed by atoms with Gasteiger partial charge in [0.1, 0.15) is 4.51 Å². The van der Waals surface area contributed by atoms with Crippen LogP contribution in [0, 0.1) is 11.4 Å². The van der Waals surface area contributed by atoms with Crippen molar-refractivity contribution in [2.24, 2.45) is 0 Å². The molecule has 13 heavy (non-hydrogen) atoms. The molecule has 4 heteroatoms. The van der Waals surface area contributed by atoms with Crippen LogP contribution in [0.1, 0.15) is 12.0 Å². The van der Waals surface area contributed by atoms with Crippen molar-refractivity contribution in [3.63, 3.8) is 0 Å². The minimum absolute atomic E-state index is 0.0196. The van der Waals surface area contributed by atoms with Crippen LogP contribution in [0.5, 0.6) is 0 Å². The van der Waals surface area contributed by atoms with Crippen LogP contribution in [-0.2, 0) is 0 Å². The zero-order valence-electron chi connectivity index (χ0n) is 7.94. The summed E-state index contributed by atoms with van der Waals surface area (Å²) in [7, 11) is 1.92. The fourth-order valence-electron chi connectivity index (χ4n) is 1.20. The van der Waals surface area contributed by atoms with E-state index in [-0.39, 0.29) is 5.43 Å².